The van der Waals surface area contributed by atoms with Gasteiger partial charge >= 0.3 is 0 Å². The molecule has 0 unspecified atom stereocenters. The Bertz CT molecular complexity index is 938. The van der Waals surface area contributed by atoms with Crippen molar-refractivity contribution in [2.24, 2.45) is 0 Å². The summed E-state index contributed by atoms with van der Waals surface area (Å²) in [7, 11) is 0. The molecular weight excluding hydrogens is 464 g/mol. The highest BCUT2D eigenvalue weighted by molar-refractivity contribution is 6.12. The number of carbonyl (C=O) groups excluding carboxylic acids is 1. The van der Waals surface area contributed by atoms with Crippen molar-refractivity contribution in [3.05, 3.63) is 70.8 Å². The molecule has 0 aromatic heterocycles. The fourth-order valence-electron chi connectivity index (χ4n) is 4.70. The molecule has 0 amide bonds. The van der Waals surface area contributed by atoms with E-state index in [-0.39, 0.29) is 5.78 Å². The number of ketones is 1. The maximum Gasteiger partial charge on any atom is 0.184 e. The highest BCUT2D eigenvalue weighted by Crippen LogP contribution is 2.23. The monoisotopic (exact) mass is 516 g/mol. The first-order valence-corrected chi connectivity index (χ1v) is 15.0. The number of allylic oxidation sites excluding steroid dienone is 2. The standard InChI is InChI=1S/C35H52N2O/c1-7-11-21-36(22-12-8-2)33-19-15-17-31(27-33)25-29(5)35(38)30(6)26-32-18-16-20-34(28-32)37(23-13-9-3)24-14-10-4/h15-20,25-28H,7-14,21-24H2,1-6H3/b29-25+,30-26+. The molecular formula is C35H52N2O. The van der Waals surface area contributed by atoms with Crippen LogP contribution in [-0.2, 0) is 4.79 Å². The van der Waals surface area contributed by atoms with Gasteiger partial charge in [-0.1, -0.05) is 77.6 Å². The zero-order valence-corrected chi connectivity index (χ0v) is 25.1. The van der Waals surface area contributed by atoms with E-state index in [4.69, 9.17) is 0 Å². The predicted octanol–water partition coefficient (Wildman–Crippen LogP) is 9.58. The molecule has 0 saturated carbocycles. The van der Waals surface area contributed by atoms with Gasteiger partial charge in [0.25, 0.3) is 0 Å². The average molecular weight is 517 g/mol. The first-order valence-electron chi connectivity index (χ1n) is 15.0. The minimum atomic E-state index is 0.100. The van der Waals surface area contributed by atoms with E-state index in [0.717, 1.165) is 48.5 Å². The van der Waals surface area contributed by atoms with Crippen LogP contribution >= 0.6 is 0 Å². The molecule has 0 aliphatic rings. The van der Waals surface area contributed by atoms with Gasteiger partial charge in [-0.3, -0.25) is 4.79 Å². The first kappa shape index (κ1) is 31.4. The molecule has 0 atom stereocenters. The lowest BCUT2D eigenvalue weighted by Crippen LogP contribution is -2.25. The smallest absolute Gasteiger partial charge is 0.184 e. The van der Waals surface area contributed by atoms with Gasteiger partial charge in [0.05, 0.1) is 0 Å². The Morgan fingerprint density at radius 2 is 0.947 bits per heavy atom. The average Bonchev–Trinajstić information content (AvgIpc) is 2.93. The molecule has 0 heterocycles. The Morgan fingerprint density at radius 3 is 1.26 bits per heavy atom. The molecule has 0 saturated heterocycles. The molecule has 2 aromatic rings. The van der Waals surface area contributed by atoms with Crippen LogP contribution in [0.2, 0.25) is 0 Å². The second kappa shape index (κ2) is 17.7. The molecule has 0 radical (unpaired) electrons. The van der Waals surface area contributed by atoms with Crippen molar-refractivity contribution in [2.75, 3.05) is 36.0 Å². The number of benzene rings is 2. The van der Waals surface area contributed by atoms with E-state index >= 15 is 0 Å². The lowest BCUT2D eigenvalue weighted by molar-refractivity contribution is -0.112. The van der Waals surface area contributed by atoms with Crippen LogP contribution in [0.15, 0.2) is 59.7 Å². The van der Waals surface area contributed by atoms with Crippen molar-refractivity contribution in [1.82, 2.24) is 0 Å². The Balaban J connectivity index is 2.21. The van der Waals surface area contributed by atoms with E-state index in [1.807, 2.05) is 26.0 Å². The van der Waals surface area contributed by atoms with Crippen molar-refractivity contribution in [3.8, 4) is 0 Å². The van der Waals surface area contributed by atoms with Crippen LogP contribution in [0.4, 0.5) is 11.4 Å². The van der Waals surface area contributed by atoms with Crippen LogP contribution < -0.4 is 9.80 Å². The van der Waals surface area contributed by atoms with Gasteiger partial charge in [0.1, 0.15) is 0 Å². The van der Waals surface area contributed by atoms with Gasteiger partial charge in [-0.2, -0.15) is 0 Å². The maximum absolute atomic E-state index is 13.3. The van der Waals surface area contributed by atoms with Crippen LogP contribution in [0.1, 0.15) is 104 Å². The third-order valence-electron chi connectivity index (χ3n) is 7.08. The first-order chi connectivity index (χ1) is 18.4. The van der Waals surface area contributed by atoms with Crippen molar-refractivity contribution in [1.29, 1.82) is 0 Å². The highest BCUT2D eigenvalue weighted by atomic mass is 16.1. The summed E-state index contributed by atoms with van der Waals surface area (Å²) in [4.78, 5) is 18.3. The normalized spacial score (nSPS) is 12.1. The number of rotatable bonds is 18. The summed E-state index contributed by atoms with van der Waals surface area (Å²) in [6.07, 6.45) is 13.6. The number of nitrogens with zero attached hydrogens (tertiary/aromatic N) is 2. The summed E-state index contributed by atoms with van der Waals surface area (Å²) in [5.74, 6) is 0.100. The van der Waals surface area contributed by atoms with Gasteiger partial charge in [-0.15, -0.1) is 0 Å². The van der Waals surface area contributed by atoms with Crippen LogP contribution in [0.3, 0.4) is 0 Å². The minimum Gasteiger partial charge on any atom is -0.372 e. The lowest BCUT2D eigenvalue weighted by atomic mass is 10.0. The highest BCUT2D eigenvalue weighted by Gasteiger charge is 2.11. The third-order valence-corrected chi connectivity index (χ3v) is 7.08. The van der Waals surface area contributed by atoms with E-state index in [1.165, 1.54) is 62.7 Å². The van der Waals surface area contributed by atoms with Gasteiger partial charge in [0, 0.05) is 37.6 Å². The van der Waals surface area contributed by atoms with Gasteiger partial charge in [0.15, 0.2) is 5.78 Å². The summed E-state index contributed by atoms with van der Waals surface area (Å²) in [5.41, 5.74) is 6.22. The molecule has 0 N–H and O–H groups in total. The van der Waals surface area contributed by atoms with Crippen molar-refractivity contribution in [3.63, 3.8) is 0 Å². The maximum atomic E-state index is 13.3. The molecule has 208 valence electrons. The molecule has 0 aliphatic carbocycles. The van der Waals surface area contributed by atoms with Crippen LogP contribution in [-0.4, -0.2) is 32.0 Å². The Morgan fingerprint density at radius 1 is 0.605 bits per heavy atom. The predicted molar refractivity (Wildman–Crippen MR) is 169 cm³/mol. The topological polar surface area (TPSA) is 23.6 Å². The van der Waals surface area contributed by atoms with Crippen molar-refractivity contribution in [2.45, 2.75) is 92.9 Å². The molecule has 0 spiro atoms. The number of carbonyl (C=O) groups is 1. The Hall–Kier alpha value is -2.81. The number of hydrogen-bond acceptors (Lipinski definition) is 3. The fourth-order valence-corrected chi connectivity index (χ4v) is 4.70. The van der Waals surface area contributed by atoms with E-state index in [1.54, 1.807) is 0 Å². The second-order valence-electron chi connectivity index (χ2n) is 10.6. The number of Topliss-reactive ketones (excluding diaryl/α,β-unsaturated/α-hetero) is 1. The lowest BCUT2D eigenvalue weighted by Gasteiger charge is -2.25. The summed E-state index contributed by atoms with van der Waals surface area (Å²) in [6.45, 7) is 17.2. The zero-order chi connectivity index (χ0) is 27.8. The quantitative estimate of drug-likeness (QED) is 0.184. The van der Waals surface area contributed by atoms with Crippen molar-refractivity contribution >= 4 is 29.3 Å². The summed E-state index contributed by atoms with van der Waals surface area (Å²) in [6, 6.07) is 17.3. The Kier molecular flexibility index (Phi) is 14.6. The number of anilines is 2. The minimum absolute atomic E-state index is 0.100. The van der Waals surface area contributed by atoms with E-state index in [2.05, 4.69) is 86.0 Å². The van der Waals surface area contributed by atoms with Crippen LogP contribution in [0.25, 0.3) is 12.2 Å². The van der Waals surface area contributed by atoms with Crippen LogP contribution in [0.5, 0.6) is 0 Å². The van der Waals surface area contributed by atoms with Gasteiger partial charge in [-0.05, 0) is 98.2 Å². The van der Waals surface area contributed by atoms with Gasteiger partial charge in [0.2, 0.25) is 0 Å². The van der Waals surface area contributed by atoms with E-state index in [9.17, 15) is 4.79 Å². The number of unbranched alkanes of at least 4 members (excludes halogenated alkanes) is 4. The van der Waals surface area contributed by atoms with Gasteiger partial charge < -0.3 is 9.80 Å². The number of hydrogen-bond donors (Lipinski definition) is 0. The Labute approximate surface area is 233 Å². The molecule has 0 fully saturated rings. The SMILES string of the molecule is CCCCN(CCCC)c1cccc(/C=C(\C)C(=O)/C(C)=C/c2cccc(N(CCCC)CCCC)c2)c1. The van der Waals surface area contributed by atoms with Gasteiger partial charge in [-0.25, -0.2) is 0 Å². The molecule has 2 rings (SSSR count). The molecule has 0 bridgehead atoms. The molecule has 3 heteroatoms. The van der Waals surface area contributed by atoms with Crippen LogP contribution in [0, 0.1) is 0 Å². The zero-order valence-electron chi connectivity index (χ0n) is 25.1. The van der Waals surface area contributed by atoms with E-state index in [0.29, 0.717) is 0 Å². The molecule has 2 aromatic carbocycles. The second-order valence-corrected chi connectivity index (χ2v) is 10.6. The summed E-state index contributed by atoms with van der Waals surface area (Å²) < 4.78 is 0. The summed E-state index contributed by atoms with van der Waals surface area (Å²) in [5, 5.41) is 0. The largest absolute Gasteiger partial charge is 0.372 e. The van der Waals surface area contributed by atoms with Crippen molar-refractivity contribution < 1.29 is 4.79 Å². The molecule has 3 nitrogen and oxygen atoms in total. The summed E-state index contributed by atoms with van der Waals surface area (Å²) >= 11 is 0. The fraction of sp³-hybridized carbons (Fsp3) is 0.514. The van der Waals surface area contributed by atoms with E-state index < -0.39 is 0 Å². The molecule has 0 aliphatic heterocycles. The third kappa shape index (κ3) is 10.5. The molecule has 38 heavy (non-hydrogen) atoms.